The van der Waals surface area contributed by atoms with Crippen LogP contribution in [0.3, 0.4) is 0 Å². The third-order valence-corrected chi connectivity index (χ3v) is 3.69. The van der Waals surface area contributed by atoms with Gasteiger partial charge < -0.3 is 10.2 Å². The molecule has 1 aromatic carbocycles. The first kappa shape index (κ1) is 14.9. The van der Waals surface area contributed by atoms with Gasteiger partial charge in [0.1, 0.15) is 6.04 Å². The molecule has 0 bridgehead atoms. The van der Waals surface area contributed by atoms with Gasteiger partial charge in [-0.25, -0.2) is 0 Å². The van der Waals surface area contributed by atoms with Gasteiger partial charge in [-0.15, -0.1) is 0 Å². The summed E-state index contributed by atoms with van der Waals surface area (Å²) in [5.74, 6) is 0.282. The summed E-state index contributed by atoms with van der Waals surface area (Å²) in [5.41, 5.74) is 3.06. The van der Waals surface area contributed by atoms with Gasteiger partial charge in [-0.3, -0.25) is 4.79 Å². The van der Waals surface area contributed by atoms with Gasteiger partial charge >= 0.3 is 0 Å². The first-order valence-corrected chi connectivity index (χ1v) is 7.28. The van der Waals surface area contributed by atoms with Crippen molar-refractivity contribution in [2.75, 3.05) is 16.8 Å². The number of carbonyl (C=O) groups excluding carboxylic acids is 1. The van der Waals surface area contributed by atoms with Crippen molar-refractivity contribution in [1.29, 1.82) is 0 Å². The Morgan fingerprint density at radius 1 is 1.45 bits per heavy atom. The third-order valence-electron chi connectivity index (χ3n) is 3.46. The van der Waals surface area contributed by atoms with Gasteiger partial charge in [0, 0.05) is 11.6 Å². The molecular formula is C16H21ClN2O. The standard InChI is InChI=1S/C16H21ClN2O/c1-10(2)7-8-19-14-9-12(17)5-6-13(14)18-16(20)15(19)11(3)4/h5-7,9,11,15H,8H2,1-4H3,(H,18,20)/t15-/m0/s1. The normalized spacial score (nSPS) is 17.8. The van der Waals surface area contributed by atoms with Crippen LogP contribution in [0.5, 0.6) is 0 Å². The van der Waals surface area contributed by atoms with E-state index in [-0.39, 0.29) is 17.9 Å². The van der Waals surface area contributed by atoms with E-state index in [1.807, 2.05) is 12.1 Å². The SMILES string of the molecule is CC(C)=CCN1c2cc(Cl)ccc2NC(=O)[C@@H]1C(C)C. The van der Waals surface area contributed by atoms with Crippen molar-refractivity contribution in [1.82, 2.24) is 0 Å². The summed E-state index contributed by atoms with van der Waals surface area (Å²) in [4.78, 5) is 14.5. The summed E-state index contributed by atoms with van der Waals surface area (Å²) >= 11 is 6.11. The number of hydrogen-bond acceptors (Lipinski definition) is 2. The molecule has 1 N–H and O–H groups in total. The number of nitrogens with one attached hydrogen (secondary N) is 1. The fraction of sp³-hybridized carbons (Fsp3) is 0.438. The number of amides is 1. The Labute approximate surface area is 125 Å². The van der Waals surface area contributed by atoms with Crippen LogP contribution in [0, 0.1) is 5.92 Å². The number of anilines is 2. The third kappa shape index (κ3) is 2.98. The molecule has 3 nitrogen and oxygen atoms in total. The van der Waals surface area contributed by atoms with Crippen molar-refractivity contribution < 1.29 is 4.79 Å². The fourth-order valence-electron chi connectivity index (χ4n) is 2.50. The molecule has 1 aliphatic rings. The summed E-state index contributed by atoms with van der Waals surface area (Å²) < 4.78 is 0. The highest BCUT2D eigenvalue weighted by molar-refractivity contribution is 6.31. The molecule has 0 fully saturated rings. The van der Waals surface area contributed by atoms with E-state index >= 15 is 0 Å². The molecule has 0 radical (unpaired) electrons. The van der Waals surface area contributed by atoms with Crippen molar-refractivity contribution in [3.63, 3.8) is 0 Å². The number of allylic oxidation sites excluding steroid dienone is 1. The minimum absolute atomic E-state index is 0.0528. The highest BCUT2D eigenvalue weighted by Crippen LogP contribution is 2.36. The minimum Gasteiger partial charge on any atom is -0.354 e. The van der Waals surface area contributed by atoms with Crippen LogP contribution < -0.4 is 10.2 Å². The van der Waals surface area contributed by atoms with E-state index in [1.54, 1.807) is 6.07 Å². The largest absolute Gasteiger partial charge is 0.354 e. The highest BCUT2D eigenvalue weighted by Gasteiger charge is 2.34. The van der Waals surface area contributed by atoms with E-state index in [0.717, 1.165) is 11.4 Å². The van der Waals surface area contributed by atoms with Crippen molar-refractivity contribution in [2.45, 2.75) is 33.7 Å². The topological polar surface area (TPSA) is 32.3 Å². The van der Waals surface area contributed by atoms with E-state index in [0.29, 0.717) is 11.6 Å². The lowest BCUT2D eigenvalue weighted by atomic mass is 9.97. The lowest BCUT2D eigenvalue weighted by molar-refractivity contribution is -0.118. The zero-order valence-corrected chi connectivity index (χ0v) is 13.2. The van der Waals surface area contributed by atoms with Gasteiger partial charge in [-0.1, -0.05) is 37.1 Å². The first-order valence-electron chi connectivity index (χ1n) is 6.90. The highest BCUT2D eigenvalue weighted by atomic mass is 35.5. The fourth-order valence-corrected chi connectivity index (χ4v) is 2.67. The van der Waals surface area contributed by atoms with E-state index in [2.05, 4.69) is 44.0 Å². The molecule has 1 amide bonds. The molecule has 108 valence electrons. The molecule has 20 heavy (non-hydrogen) atoms. The average Bonchev–Trinajstić information content (AvgIpc) is 2.35. The number of carbonyl (C=O) groups is 1. The summed E-state index contributed by atoms with van der Waals surface area (Å²) in [6.45, 7) is 8.97. The number of fused-ring (bicyclic) bond motifs is 1. The van der Waals surface area contributed by atoms with Gasteiger partial charge in [-0.2, -0.15) is 0 Å². The van der Waals surface area contributed by atoms with E-state index in [9.17, 15) is 4.79 Å². The molecule has 1 aliphatic heterocycles. The maximum absolute atomic E-state index is 12.3. The van der Waals surface area contributed by atoms with Crippen LogP contribution in [-0.2, 0) is 4.79 Å². The van der Waals surface area contributed by atoms with Crippen molar-refractivity contribution in [3.8, 4) is 0 Å². The lowest BCUT2D eigenvalue weighted by Crippen LogP contribution is -2.51. The number of halogens is 1. The van der Waals surface area contributed by atoms with Gasteiger partial charge in [0.15, 0.2) is 0 Å². The maximum atomic E-state index is 12.3. The Morgan fingerprint density at radius 2 is 2.15 bits per heavy atom. The lowest BCUT2D eigenvalue weighted by Gasteiger charge is -2.39. The van der Waals surface area contributed by atoms with E-state index in [4.69, 9.17) is 11.6 Å². The summed E-state index contributed by atoms with van der Waals surface area (Å²) in [7, 11) is 0. The molecule has 1 heterocycles. The predicted octanol–water partition coefficient (Wildman–Crippen LogP) is 4.09. The molecule has 0 saturated carbocycles. The Morgan fingerprint density at radius 3 is 2.75 bits per heavy atom. The van der Waals surface area contributed by atoms with Crippen LogP contribution in [0.25, 0.3) is 0 Å². The molecule has 2 rings (SSSR count). The van der Waals surface area contributed by atoms with E-state index < -0.39 is 0 Å². The quantitative estimate of drug-likeness (QED) is 0.851. The second-order valence-electron chi connectivity index (χ2n) is 5.77. The molecular weight excluding hydrogens is 272 g/mol. The maximum Gasteiger partial charge on any atom is 0.247 e. The van der Waals surface area contributed by atoms with Gasteiger partial charge in [-0.05, 0) is 38.0 Å². The average molecular weight is 293 g/mol. The molecule has 0 aliphatic carbocycles. The second kappa shape index (κ2) is 5.88. The molecule has 0 aromatic heterocycles. The summed E-state index contributed by atoms with van der Waals surface area (Å²) in [5, 5.41) is 3.66. The predicted molar refractivity (Wildman–Crippen MR) is 85.5 cm³/mol. The molecule has 0 unspecified atom stereocenters. The van der Waals surface area contributed by atoms with Crippen LogP contribution in [0.15, 0.2) is 29.8 Å². The number of benzene rings is 1. The number of nitrogens with zero attached hydrogens (tertiary/aromatic N) is 1. The van der Waals surface area contributed by atoms with Gasteiger partial charge in [0.25, 0.3) is 0 Å². The van der Waals surface area contributed by atoms with E-state index in [1.165, 1.54) is 5.57 Å². The minimum atomic E-state index is -0.170. The zero-order chi connectivity index (χ0) is 14.9. The smallest absolute Gasteiger partial charge is 0.247 e. The Balaban J connectivity index is 2.47. The summed E-state index contributed by atoms with van der Waals surface area (Å²) in [6, 6.07) is 5.42. The van der Waals surface area contributed by atoms with Crippen LogP contribution in [0.2, 0.25) is 5.02 Å². The van der Waals surface area contributed by atoms with Crippen molar-refractivity contribution in [3.05, 3.63) is 34.9 Å². The van der Waals surface area contributed by atoms with Crippen LogP contribution in [0.4, 0.5) is 11.4 Å². The van der Waals surface area contributed by atoms with Crippen LogP contribution in [0.1, 0.15) is 27.7 Å². The molecule has 0 spiro atoms. The van der Waals surface area contributed by atoms with Gasteiger partial charge in [0.05, 0.1) is 11.4 Å². The number of hydrogen-bond donors (Lipinski definition) is 1. The van der Waals surface area contributed by atoms with Crippen molar-refractivity contribution >= 4 is 28.9 Å². The second-order valence-corrected chi connectivity index (χ2v) is 6.21. The van der Waals surface area contributed by atoms with Gasteiger partial charge in [0.2, 0.25) is 5.91 Å². The molecule has 4 heteroatoms. The molecule has 1 aromatic rings. The zero-order valence-electron chi connectivity index (χ0n) is 12.4. The van der Waals surface area contributed by atoms with Crippen LogP contribution in [-0.4, -0.2) is 18.5 Å². The molecule has 1 atom stereocenters. The Bertz CT molecular complexity index is 547. The first-order chi connectivity index (χ1) is 9.40. The van der Waals surface area contributed by atoms with Crippen LogP contribution >= 0.6 is 11.6 Å². The summed E-state index contributed by atoms with van der Waals surface area (Å²) in [6.07, 6.45) is 2.14. The Hall–Kier alpha value is -1.48. The van der Waals surface area contributed by atoms with Crippen molar-refractivity contribution in [2.24, 2.45) is 5.92 Å². The monoisotopic (exact) mass is 292 g/mol. The molecule has 0 saturated heterocycles. The Kier molecular flexibility index (Phi) is 4.39. The number of rotatable bonds is 3.